The summed E-state index contributed by atoms with van der Waals surface area (Å²) in [6.45, 7) is 0. The van der Waals surface area contributed by atoms with Crippen molar-refractivity contribution in [2.24, 2.45) is 0 Å². The molecule has 0 amide bonds. The van der Waals surface area contributed by atoms with Gasteiger partial charge in [0.2, 0.25) is 0 Å². The van der Waals surface area contributed by atoms with Gasteiger partial charge in [-0.1, -0.05) is 0 Å². The van der Waals surface area contributed by atoms with Crippen molar-refractivity contribution >= 4 is 68.1 Å². The molecule has 0 atom stereocenters. The van der Waals surface area contributed by atoms with Gasteiger partial charge in [0.1, 0.15) is 103 Å². The second-order valence-electron chi connectivity index (χ2n) is 18.6. The lowest BCUT2D eigenvalue weighted by molar-refractivity contribution is 0.0675. The Hall–Kier alpha value is -11.0. The summed E-state index contributed by atoms with van der Waals surface area (Å²) in [5.74, 6) is -33.6. The minimum atomic E-state index is -2.11. The lowest BCUT2D eigenvalue weighted by atomic mass is 9.82. The van der Waals surface area contributed by atoms with E-state index >= 15 is 52.7 Å². The van der Waals surface area contributed by atoms with E-state index in [0.29, 0.717) is 72.8 Å². The van der Waals surface area contributed by atoms with Gasteiger partial charge < -0.3 is 30.6 Å². The zero-order valence-electron chi connectivity index (χ0n) is 41.1. The molecule has 0 unspecified atom stereocenters. The van der Waals surface area contributed by atoms with Gasteiger partial charge in [0, 0.05) is 0 Å². The summed E-state index contributed by atoms with van der Waals surface area (Å²) >= 11 is 0. The molecular formula is C60H24F12O12. The third kappa shape index (κ3) is 9.33. The van der Waals surface area contributed by atoms with Crippen LogP contribution in [0.1, 0.15) is 62.1 Å². The van der Waals surface area contributed by atoms with Crippen LogP contribution in [0.15, 0.2) is 109 Å². The first-order valence-corrected chi connectivity index (χ1v) is 23.5. The summed E-state index contributed by atoms with van der Waals surface area (Å²) in [5.41, 5.74) is -15.8. The first-order valence-electron chi connectivity index (χ1n) is 23.5. The summed E-state index contributed by atoms with van der Waals surface area (Å²) < 4.78 is 190. The fourth-order valence-electron chi connectivity index (χ4n) is 10.2. The Morgan fingerprint density at radius 2 is 0.286 bits per heavy atom. The van der Waals surface area contributed by atoms with Crippen LogP contribution in [0.25, 0.3) is 99.1 Å². The lowest BCUT2D eigenvalue weighted by Gasteiger charge is -2.21. The highest BCUT2D eigenvalue weighted by molar-refractivity contribution is 6.29. The molecule has 84 heavy (non-hydrogen) atoms. The monoisotopic (exact) mass is 1160 g/mol. The van der Waals surface area contributed by atoms with E-state index in [1.807, 2.05) is 0 Å². The molecule has 420 valence electrons. The van der Waals surface area contributed by atoms with Gasteiger partial charge in [0.15, 0.2) is 0 Å². The minimum absolute atomic E-state index is 0.280. The number of aromatic carboxylic acids is 6. The number of halogens is 12. The van der Waals surface area contributed by atoms with Crippen LogP contribution in [-0.4, -0.2) is 66.5 Å². The summed E-state index contributed by atoms with van der Waals surface area (Å²) in [5, 5.41) is 56.2. The fraction of sp³-hybridized carbons (Fsp3) is 0. The standard InChI is InChI=1S/C60H24F12O12/c61-37-1-19(2-38(62)49(37)55(73)74)25-13-31-32(14-26(25)20-3-39(63)50(56(75)76)40(64)4-20)34-16-28(22-7-43(67)52(58(79)80)44(68)8-22)30(24-11-47(71)54(60(83)84)48(72)12-24)18-36(34)35-17-29(23-9-45(69)53(59(81)82)46(70)10-23)27(15-33(31)35)21-5-41(65)51(57(77)78)42(66)6-21/h1-18H,(H,73,74)(H,75,76)(H,77,78)(H,79,80)(H,81,82)(H,83,84). The van der Waals surface area contributed by atoms with Crippen LogP contribution in [-0.2, 0) is 0 Å². The zero-order chi connectivity index (χ0) is 61.0. The molecule has 0 fully saturated rings. The van der Waals surface area contributed by atoms with Gasteiger partial charge in [-0.25, -0.2) is 81.5 Å². The second-order valence-corrected chi connectivity index (χ2v) is 18.6. The van der Waals surface area contributed by atoms with Gasteiger partial charge >= 0.3 is 35.8 Å². The van der Waals surface area contributed by atoms with E-state index in [9.17, 15) is 59.4 Å². The number of benzene rings is 10. The summed E-state index contributed by atoms with van der Waals surface area (Å²) in [4.78, 5) is 71.8. The van der Waals surface area contributed by atoms with Crippen molar-refractivity contribution in [3.63, 3.8) is 0 Å². The molecule has 0 spiro atoms. The molecule has 10 rings (SSSR count). The number of hydrogen-bond acceptors (Lipinski definition) is 6. The molecule has 0 radical (unpaired) electrons. The Balaban J connectivity index is 1.49. The Labute approximate surface area is 458 Å². The maximum absolute atomic E-state index is 15.8. The molecule has 10 aromatic carbocycles. The van der Waals surface area contributed by atoms with Crippen LogP contribution in [0.3, 0.4) is 0 Å². The number of carboxylic acids is 6. The van der Waals surface area contributed by atoms with Gasteiger partial charge in [-0.2, -0.15) is 0 Å². The normalized spacial score (nSPS) is 11.4. The number of rotatable bonds is 12. The number of hydrogen-bond donors (Lipinski definition) is 6. The average Bonchev–Trinajstić information content (AvgIpc) is 0.746. The molecule has 6 N–H and O–H groups in total. The van der Waals surface area contributed by atoms with Crippen LogP contribution < -0.4 is 0 Å². The molecule has 0 saturated heterocycles. The smallest absolute Gasteiger partial charge is 0.341 e. The number of fused-ring (bicyclic) bond motifs is 6. The quantitative estimate of drug-likeness (QED) is 0.0496. The Kier molecular flexibility index (Phi) is 13.7. The topological polar surface area (TPSA) is 224 Å². The Bertz CT molecular complexity index is 3800. The van der Waals surface area contributed by atoms with Gasteiger partial charge in [-0.3, -0.25) is 0 Å². The fourth-order valence-corrected chi connectivity index (χ4v) is 10.2. The van der Waals surface area contributed by atoms with E-state index in [2.05, 4.69) is 0 Å². The molecule has 0 heterocycles. The first kappa shape index (κ1) is 56.2. The van der Waals surface area contributed by atoms with Crippen molar-refractivity contribution < 1.29 is 112 Å². The Morgan fingerprint density at radius 3 is 0.369 bits per heavy atom. The van der Waals surface area contributed by atoms with Crippen LogP contribution >= 0.6 is 0 Å². The highest BCUT2D eigenvalue weighted by atomic mass is 19.2. The average molecular weight is 1160 g/mol. The van der Waals surface area contributed by atoms with Crippen LogP contribution in [0.2, 0.25) is 0 Å². The molecule has 24 heteroatoms. The van der Waals surface area contributed by atoms with Gasteiger partial charge in [-0.05, 0) is 208 Å². The van der Waals surface area contributed by atoms with E-state index in [1.54, 1.807) is 0 Å². The third-order valence-electron chi connectivity index (χ3n) is 13.7. The van der Waals surface area contributed by atoms with E-state index < -0.39 is 206 Å². The van der Waals surface area contributed by atoms with Crippen LogP contribution in [0.4, 0.5) is 52.7 Å². The van der Waals surface area contributed by atoms with Crippen molar-refractivity contribution in [3.8, 4) is 66.8 Å². The highest BCUT2D eigenvalue weighted by Gasteiger charge is 2.30. The SMILES string of the molecule is O=C(O)c1c(F)cc(-c2cc3c4cc(-c5cc(F)c(C(=O)O)c(F)c5)c(-c5cc(F)c(C(=O)O)c(F)c5)cc4c4cc(-c5cc(F)c(C(=O)O)c(F)c5)c(-c5cc(F)c(C(=O)O)c(F)c5)cc4c3cc2-c2cc(F)c(C(=O)O)c(F)c2)cc1F. The summed E-state index contributed by atoms with van der Waals surface area (Å²) in [7, 11) is 0. The van der Waals surface area contributed by atoms with E-state index in [0.717, 1.165) is 36.4 Å². The molecule has 0 aromatic heterocycles. The molecule has 0 bridgehead atoms. The van der Waals surface area contributed by atoms with Crippen LogP contribution in [0.5, 0.6) is 0 Å². The highest BCUT2D eigenvalue weighted by Crippen LogP contribution is 2.49. The largest absolute Gasteiger partial charge is 0.477 e. The third-order valence-corrected chi connectivity index (χ3v) is 13.7. The van der Waals surface area contributed by atoms with Crippen molar-refractivity contribution in [2.45, 2.75) is 0 Å². The Morgan fingerprint density at radius 1 is 0.190 bits per heavy atom. The molecular weight excluding hydrogens is 1140 g/mol. The lowest BCUT2D eigenvalue weighted by Crippen LogP contribution is -2.06. The molecule has 0 aliphatic rings. The van der Waals surface area contributed by atoms with E-state index in [-0.39, 0.29) is 32.3 Å². The molecule has 0 aliphatic heterocycles. The molecule has 12 nitrogen and oxygen atoms in total. The van der Waals surface area contributed by atoms with E-state index in [1.165, 1.54) is 0 Å². The van der Waals surface area contributed by atoms with E-state index in [4.69, 9.17) is 0 Å². The van der Waals surface area contributed by atoms with Crippen molar-refractivity contribution in [1.29, 1.82) is 0 Å². The second kappa shape index (κ2) is 20.5. The molecule has 0 aliphatic carbocycles. The summed E-state index contributed by atoms with van der Waals surface area (Å²) in [6.07, 6.45) is 0. The first-order chi connectivity index (χ1) is 39.6. The molecule has 0 saturated carbocycles. The van der Waals surface area contributed by atoms with Gasteiger partial charge in [0.05, 0.1) is 0 Å². The predicted molar refractivity (Wildman–Crippen MR) is 273 cm³/mol. The number of carbonyl (C=O) groups is 6. The van der Waals surface area contributed by atoms with Crippen LogP contribution in [0, 0.1) is 69.8 Å². The van der Waals surface area contributed by atoms with Crippen molar-refractivity contribution in [3.05, 3.63) is 212 Å². The van der Waals surface area contributed by atoms with Gasteiger partial charge in [-0.15, -0.1) is 0 Å². The van der Waals surface area contributed by atoms with Gasteiger partial charge in [0.25, 0.3) is 0 Å². The molecule has 10 aromatic rings. The minimum Gasteiger partial charge on any atom is -0.477 e. The maximum atomic E-state index is 15.8. The van der Waals surface area contributed by atoms with Crippen molar-refractivity contribution in [2.75, 3.05) is 0 Å². The number of carboxylic acid groups (broad SMARTS) is 6. The predicted octanol–water partition coefficient (Wildman–Crippen LogP) is 15.0. The van der Waals surface area contributed by atoms with Crippen molar-refractivity contribution in [1.82, 2.24) is 0 Å². The summed E-state index contributed by atoms with van der Waals surface area (Å²) in [6, 6.07) is 11.7. The maximum Gasteiger partial charge on any atom is 0.341 e. The zero-order valence-corrected chi connectivity index (χ0v) is 41.1.